The van der Waals surface area contributed by atoms with Gasteiger partial charge < -0.3 is 11.5 Å². The SMILES string of the molecule is NC(=O)c1c(C2CCCCC2)nc2ccccc2c1N. The second kappa shape index (κ2) is 5.12. The third-order valence-electron chi connectivity index (χ3n) is 4.20. The molecule has 2 aromatic rings. The lowest BCUT2D eigenvalue weighted by molar-refractivity contribution is 0.0999. The Morgan fingerprint density at radius 1 is 1.15 bits per heavy atom. The van der Waals surface area contributed by atoms with Gasteiger partial charge in [-0.3, -0.25) is 9.78 Å². The Bertz CT molecular complexity index is 660. The number of carbonyl (C=O) groups excluding carboxylic acids is 1. The van der Waals surface area contributed by atoms with Gasteiger partial charge in [0.2, 0.25) is 0 Å². The van der Waals surface area contributed by atoms with Crippen molar-refractivity contribution in [2.45, 2.75) is 38.0 Å². The largest absolute Gasteiger partial charge is 0.397 e. The zero-order chi connectivity index (χ0) is 14.1. The molecule has 4 N–H and O–H groups in total. The molecule has 0 aliphatic heterocycles. The highest BCUT2D eigenvalue weighted by atomic mass is 16.1. The molecule has 1 amide bonds. The molecular weight excluding hydrogens is 250 g/mol. The summed E-state index contributed by atoms with van der Waals surface area (Å²) < 4.78 is 0. The van der Waals surface area contributed by atoms with Crippen LogP contribution in [0.25, 0.3) is 10.9 Å². The predicted molar refractivity (Wildman–Crippen MR) is 80.5 cm³/mol. The van der Waals surface area contributed by atoms with E-state index < -0.39 is 5.91 Å². The summed E-state index contributed by atoms with van der Waals surface area (Å²) in [7, 11) is 0. The van der Waals surface area contributed by atoms with Crippen LogP contribution in [0.4, 0.5) is 5.69 Å². The van der Waals surface area contributed by atoms with E-state index in [0.29, 0.717) is 17.2 Å². The molecule has 1 saturated carbocycles. The highest BCUT2D eigenvalue weighted by Crippen LogP contribution is 2.37. The minimum atomic E-state index is -0.471. The van der Waals surface area contributed by atoms with Crippen LogP contribution in [0, 0.1) is 0 Å². The van der Waals surface area contributed by atoms with E-state index in [1.807, 2.05) is 24.3 Å². The Morgan fingerprint density at radius 2 is 1.85 bits per heavy atom. The Morgan fingerprint density at radius 3 is 2.55 bits per heavy atom. The molecule has 1 aliphatic rings. The van der Waals surface area contributed by atoms with E-state index in [1.165, 1.54) is 19.3 Å². The van der Waals surface area contributed by atoms with Gasteiger partial charge in [-0.2, -0.15) is 0 Å². The molecular formula is C16H19N3O. The third kappa shape index (κ3) is 2.11. The summed E-state index contributed by atoms with van der Waals surface area (Å²) in [5.74, 6) is -0.167. The smallest absolute Gasteiger partial charge is 0.252 e. The molecule has 0 bridgehead atoms. The van der Waals surface area contributed by atoms with E-state index >= 15 is 0 Å². The Labute approximate surface area is 118 Å². The molecule has 0 spiro atoms. The number of pyridine rings is 1. The lowest BCUT2D eigenvalue weighted by atomic mass is 9.84. The van der Waals surface area contributed by atoms with Crippen molar-refractivity contribution in [1.29, 1.82) is 0 Å². The summed E-state index contributed by atoms with van der Waals surface area (Å²) in [6.45, 7) is 0. The molecule has 1 heterocycles. The second-order valence-electron chi connectivity index (χ2n) is 5.50. The number of carbonyl (C=O) groups is 1. The number of rotatable bonds is 2. The molecule has 1 aromatic heterocycles. The molecule has 4 heteroatoms. The number of amides is 1. The summed E-state index contributed by atoms with van der Waals surface area (Å²) >= 11 is 0. The average Bonchev–Trinajstić information content (AvgIpc) is 2.47. The first-order valence-electron chi connectivity index (χ1n) is 7.16. The molecule has 1 fully saturated rings. The highest BCUT2D eigenvalue weighted by Gasteiger charge is 2.25. The van der Waals surface area contributed by atoms with Crippen molar-refractivity contribution in [1.82, 2.24) is 4.98 Å². The molecule has 1 aliphatic carbocycles. The van der Waals surface area contributed by atoms with Gasteiger partial charge in [-0.05, 0) is 18.9 Å². The molecule has 0 unspecified atom stereocenters. The lowest BCUT2D eigenvalue weighted by Crippen LogP contribution is -2.20. The van der Waals surface area contributed by atoms with Gasteiger partial charge >= 0.3 is 0 Å². The number of nitrogens with zero attached hydrogens (tertiary/aromatic N) is 1. The van der Waals surface area contributed by atoms with Crippen molar-refractivity contribution < 1.29 is 4.79 Å². The van der Waals surface area contributed by atoms with Gasteiger partial charge in [0.1, 0.15) is 0 Å². The Balaban J connectivity index is 2.23. The van der Waals surface area contributed by atoms with Gasteiger partial charge in [0.05, 0.1) is 22.5 Å². The van der Waals surface area contributed by atoms with E-state index in [4.69, 9.17) is 16.5 Å². The number of para-hydroxylation sites is 1. The topological polar surface area (TPSA) is 82.0 Å². The van der Waals surface area contributed by atoms with Crippen molar-refractivity contribution in [2.75, 3.05) is 5.73 Å². The van der Waals surface area contributed by atoms with Gasteiger partial charge in [-0.25, -0.2) is 0 Å². The summed E-state index contributed by atoms with van der Waals surface area (Å²) in [5.41, 5.74) is 14.3. The number of anilines is 1. The summed E-state index contributed by atoms with van der Waals surface area (Å²) in [6, 6.07) is 7.65. The molecule has 20 heavy (non-hydrogen) atoms. The second-order valence-corrected chi connectivity index (χ2v) is 5.50. The highest BCUT2D eigenvalue weighted by molar-refractivity contribution is 6.06. The van der Waals surface area contributed by atoms with Crippen LogP contribution < -0.4 is 11.5 Å². The maximum Gasteiger partial charge on any atom is 0.252 e. The summed E-state index contributed by atoms with van der Waals surface area (Å²) in [4.78, 5) is 16.5. The number of hydrogen-bond acceptors (Lipinski definition) is 3. The molecule has 0 atom stereocenters. The summed E-state index contributed by atoms with van der Waals surface area (Å²) in [5, 5.41) is 0.806. The average molecular weight is 269 g/mol. The minimum Gasteiger partial charge on any atom is -0.397 e. The van der Waals surface area contributed by atoms with E-state index in [9.17, 15) is 4.79 Å². The number of nitrogen functional groups attached to an aromatic ring is 1. The molecule has 3 rings (SSSR count). The lowest BCUT2D eigenvalue weighted by Gasteiger charge is -2.24. The van der Waals surface area contributed by atoms with Crippen LogP contribution in [0.15, 0.2) is 24.3 Å². The maximum absolute atomic E-state index is 11.8. The van der Waals surface area contributed by atoms with E-state index in [2.05, 4.69) is 0 Å². The number of nitrogens with two attached hydrogens (primary N) is 2. The van der Waals surface area contributed by atoms with Crippen molar-refractivity contribution in [3.63, 3.8) is 0 Å². The molecule has 4 nitrogen and oxygen atoms in total. The molecule has 0 saturated heterocycles. The minimum absolute atomic E-state index is 0.304. The van der Waals surface area contributed by atoms with Crippen LogP contribution in [0.2, 0.25) is 0 Å². The van der Waals surface area contributed by atoms with Crippen LogP contribution in [-0.2, 0) is 0 Å². The van der Waals surface area contributed by atoms with Crippen molar-refractivity contribution in [2.24, 2.45) is 5.73 Å². The molecule has 0 radical (unpaired) electrons. The van der Waals surface area contributed by atoms with Gasteiger partial charge in [0.25, 0.3) is 5.91 Å². The van der Waals surface area contributed by atoms with Crippen LogP contribution in [-0.4, -0.2) is 10.9 Å². The molecule has 1 aromatic carbocycles. The maximum atomic E-state index is 11.8. The van der Waals surface area contributed by atoms with E-state index in [1.54, 1.807) is 0 Å². The van der Waals surface area contributed by atoms with Crippen LogP contribution in [0.1, 0.15) is 54.1 Å². The fourth-order valence-corrected chi connectivity index (χ4v) is 3.19. The summed E-state index contributed by atoms with van der Waals surface area (Å²) in [6.07, 6.45) is 5.73. The zero-order valence-corrected chi connectivity index (χ0v) is 11.4. The third-order valence-corrected chi connectivity index (χ3v) is 4.20. The van der Waals surface area contributed by atoms with Gasteiger partial charge in [-0.1, -0.05) is 37.5 Å². The monoisotopic (exact) mass is 269 g/mol. The van der Waals surface area contributed by atoms with Crippen LogP contribution in [0.3, 0.4) is 0 Å². The van der Waals surface area contributed by atoms with Crippen molar-refractivity contribution >= 4 is 22.5 Å². The number of aromatic nitrogens is 1. The van der Waals surface area contributed by atoms with E-state index in [-0.39, 0.29) is 0 Å². The van der Waals surface area contributed by atoms with Gasteiger partial charge in [-0.15, -0.1) is 0 Å². The Kier molecular flexibility index (Phi) is 3.30. The normalized spacial score (nSPS) is 16.4. The molecule has 104 valence electrons. The fourth-order valence-electron chi connectivity index (χ4n) is 3.19. The first-order chi connectivity index (χ1) is 9.68. The van der Waals surface area contributed by atoms with Crippen LogP contribution in [0.5, 0.6) is 0 Å². The number of fused-ring (bicyclic) bond motifs is 1. The van der Waals surface area contributed by atoms with Crippen molar-refractivity contribution in [3.05, 3.63) is 35.5 Å². The number of hydrogen-bond donors (Lipinski definition) is 2. The standard InChI is InChI=1S/C16H19N3O/c17-14-11-8-4-5-9-12(11)19-15(13(14)16(18)20)10-6-2-1-3-7-10/h4-5,8-10H,1-3,6-7H2,(H2,17,19)(H2,18,20). The predicted octanol–water partition coefficient (Wildman–Crippen LogP) is 2.96. The van der Waals surface area contributed by atoms with Gasteiger partial charge in [0.15, 0.2) is 0 Å². The first kappa shape index (κ1) is 12.9. The first-order valence-corrected chi connectivity index (χ1v) is 7.16. The van der Waals surface area contributed by atoms with E-state index in [0.717, 1.165) is 29.4 Å². The van der Waals surface area contributed by atoms with Crippen molar-refractivity contribution in [3.8, 4) is 0 Å². The van der Waals surface area contributed by atoms with Gasteiger partial charge in [0, 0.05) is 11.3 Å². The number of benzene rings is 1. The fraction of sp³-hybridized carbons (Fsp3) is 0.375. The quantitative estimate of drug-likeness (QED) is 0.879. The van der Waals surface area contributed by atoms with Crippen LogP contribution >= 0.6 is 0 Å². The zero-order valence-electron chi connectivity index (χ0n) is 11.4. The Hall–Kier alpha value is -2.10. The number of primary amides is 1.